The van der Waals surface area contributed by atoms with E-state index in [0.29, 0.717) is 0 Å². The summed E-state index contributed by atoms with van der Waals surface area (Å²) in [6.45, 7) is 4.72. The normalized spacial score (nSPS) is 14.8. The molecule has 6 aromatic rings. The van der Waals surface area contributed by atoms with Crippen LogP contribution in [-0.4, -0.2) is 14.1 Å². The summed E-state index contributed by atoms with van der Waals surface area (Å²) in [5.74, 6) is 0. The molecule has 6 aromatic carbocycles. The Bertz CT molecular complexity index is 2310. The minimum atomic E-state index is -0.0998. The average molecular weight is 657 g/mol. The van der Waals surface area contributed by atoms with Gasteiger partial charge >= 0.3 is 0 Å². The summed E-state index contributed by atoms with van der Waals surface area (Å²) in [6.07, 6.45) is 17.8. The molecule has 0 atom stereocenters. The van der Waals surface area contributed by atoms with Gasteiger partial charge in [-0.05, 0) is 91.0 Å². The highest BCUT2D eigenvalue weighted by Crippen LogP contribution is 2.49. The molecule has 0 saturated heterocycles. The first-order valence-electron chi connectivity index (χ1n) is 17.8. The van der Waals surface area contributed by atoms with E-state index in [0.717, 1.165) is 0 Å². The van der Waals surface area contributed by atoms with Gasteiger partial charge in [0.1, 0.15) is 0 Å². The van der Waals surface area contributed by atoms with Gasteiger partial charge in [0.05, 0.1) is 0 Å². The van der Waals surface area contributed by atoms with Gasteiger partial charge in [0.25, 0.3) is 0 Å². The molecule has 2 nitrogen and oxygen atoms in total. The zero-order valence-corrected chi connectivity index (χ0v) is 29.6. The van der Waals surface area contributed by atoms with Crippen LogP contribution in [0, 0.1) is 0 Å². The Morgan fingerprint density at radius 1 is 0.392 bits per heavy atom. The van der Waals surface area contributed by atoms with Gasteiger partial charge in [-0.1, -0.05) is 160 Å². The first-order chi connectivity index (χ1) is 24.8. The molecule has 246 valence electrons. The van der Waals surface area contributed by atoms with Crippen LogP contribution in [0.3, 0.4) is 0 Å². The predicted molar refractivity (Wildman–Crippen MR) is 222 cm³/mol. The van der Waals surface area contributed by atoms with Crippen LogP contribution in [-0.2, 0) is 5.41 Å². The molecule has 1 aliphatic carbocycles. The lowest BCUT2D eigenvalue weighted by atomic mass is 9.81. The van der Waals surface area contributed by atoms with E-state index in [2.05, 4.69) is 208 Å². The zero-order chi connectivity index (χ0) is 34.7. The van der Waals surface area contributed by atoms with E-state index in [1.807, 2.05) is 0 Å². The lowest BCUT2D eigenvalue weighted by Gasteiger charge is -2.22. The molecule has 0 aromatic heterocycles. The van der Waals surface area contributed by atoms with E-state index >= 15 is 0 Å². The molecule has 9 rings (SSSR count). The van der Waals surface area contributed by atoms with Crippen molar-refractivity contribution >= 4 is 71.4 Å². The molecule has 51 heavy (non-hydrogen) atoms. The average Bonchev–Trinajstić information content (AvgIpc) is 3.24. The molecule has 0 spiro atoms. The quantitative estimate of drug-likeness (QED) is 0.174. The summed E-state index contributed by atoms with van der Waals surface area (Å²) in [7, 11) is 4.31. The van der Waals surface area contributed by atoms with Crippen molar-refractivity contribution in [2.45, 2.75) is 19.3 Å². The first-order valence-corrected chi connectivity index (χ1v) is 17.8. The fraction of sp³-hybridized carbons (Fsp3) is 0.102. The van der Waals surface area contributed by atoms with Crippen molar-refractivity contribution in [3.05, 3.63) is 177 Å². The maximum atomic E-state index is 2.38. The summed E-state index contributed by atoms with van der Waals surface area (Å²) >= 11 is 0. The molecule has 0 radical (unpaired) electrons. The van der Waals surface area contributed by atoms with E-state index in [9.17, 15) is 0 Å². The molecule has 3 aliphatic rings. The molecule has 0 fully saturated rings. The second-order valence-corrected chi connectivity index (χ2v) is 14.4. The lowest BCUT2D eigenvalue weighted by molar-refractivity contribution is 0.660. The van der Waals surface area contributed by atoms with Gasteiger partial charge in [-0.25, -0.2) is 0 Å². The summed E-state index contributed by atoms with van der Waals surface area (Å²) in [6, 6.07) is 44.5. The van der Waals surface area contributed by atoms with Crippen LogP contribution in [0.25, 0.3) is 59.7 Å². The number of hydrogen-bond donors (Lipinski definition) is 0. The van der Waals surface area contributed by atoms with Crippen LogP contribution in [0.1, 0.15) is 69.5 Å². The summed E-state index contributed by atoms with van der Waals surface area (Å²) in [5.41, 5.74) is 19.9. The van der Waals surface area contributed by atoms with Crippen LogP contribution in [0.2, 0.25) is 0 Å². The molecule has 0 N–H and O–H groups in total. The van der Waals surface area contributed by atoms with Crippen LogP contribution in [0.15, 0.2) is 121 Å². The van der Waals surface area contributed by atoms with Crippen molar-refractivity contribution in [1.29, 1.82) is 0 Å². The zero-order valence-electron chi connectivity index (χ0n) is 29.6. The van der Waals surface area contributed by atoms with E-state index in [4.69, 9.17) is 0 Å². The molecule has 2 heterocycles. The maximum Gasteiger partial charge on any atom is 0.0487 e. The van der Waals surface area contributed by atoms with Gasteiger partial charge < -0.3 is 9.80 Å². The van der Waals surface area contributed by atoms with Crippen LogP contribution in [0.5, 0.6) is 0 Å². The summed E-state index contributed by atoms with van der Waals surface area (Å²) < 4.78 is 0. The Morgan fingerprint density at radius 3 is 1.18 bits per heavy atom. The van der Waals surface area contributed by atoms with Crippen LogP contribution >= 0.6 is 0 Å². The van der Waals surface area contributed by atoms with Crippen LogP contribution in [0.4, 0.5) is 22.7 Å². The van der Waals surface area contributed by atoms with Gasteiger partial charge in [-0.15, -0.1) is 0 Å². The van der Waals surface area contributed by atoms with Crippen molar-refractivity contribution in [3.63, 3.8) is 0 Å². The highest BCUT2D eigenvalue weighted by atomic mass is 15.1. The van der Waals surface area contributed by atoms with Crippen molar-refractivity contribution in [2.24, 2.45) is 0 Å². The number of nitrogens with zero attached hydrogens (tertiary/aromatic N) is 2. The predicted octanol–water partition coefficient (Wildman–Crippen LogP) is 12.8. The fourth-order valence-electron chi connectivity index (χ4n) is 8.04. The van der Waals surface area contributed by atoms with E-state index in [1.165, 1.54) is 89.5 Å². The Kier molecular flexibility index (Phi) is 7.29. The third-order valence-electron chi connectivity index (χ3n) is 11.0. The molecule has 0 bridgehead atoms. The minimum absolute atomic E-state index is 0.0998. The number of hydrogen-bond acceptors (Lipinski definition) is 2. The molecular formula is C49H40N2. The molecule has 0 amide bonds. The van der Waals surface area contributed by atoms with E-state index in [1.54, 1.807) is 0 Å². The standard InChI is InChI=1S/C49H40N2/c1-49(2)43-29-33(13-15-35-17-21-39-25-23-37-9-5-7-11-45(37)50(3)47(39)31-35)19-27-41(43)42-28-20-34(30-44(42)49)14-16-36-18-22-40-26-24-38-10-6-8-12-46(38)51(4)48(40)32-36/h5-32H,1-4H3/b15-13+,16-14+. The number of anilines is 4. The van der Waals surface area contributed by atoms with Gasteiger partial charge in [-0.3, -0.25) is 0 Å². The molecular weight excluding hydrogens is 617 g/mol. The summed E-state index contributed by atoms with van der Waals surface area (Å²) in [5, 5.41) is 0. The third kappa shape index (κ3) is 5.36. The minimum Gasteiger partial charge on any atom is -0.344 e. The second kappa shape index (κ2) is 12.0. The highest BCUT2D eigenvalue weighted by molar-refractivity contribution is 5.92. The Morgan fingerprint density at radius 2 is 0.745 bits per heavy atom. The molecule has 2 aliphatic heterocycles. The highest BCUT2D eigenvalue weighted by Gasteiger charge is 2.35. The molecule has 0 unspecified atom stereocenters. The number of fused-ring (bicyclic) bond motifs is 7. The largest absolute Gasteiger partial charge is 0.344 e. The smallest absolute Gasteiger partial charge is 0.0487 e. The number of para-hydroxylation sites is 2. The molecule has 2 heteroatoms. The monoisotopic (exact) mass is 656 g/mol. The van der Waals surface area contributed by atoms with Gasteiger partial charge in [-0.2, -0.15) is 0 Å². The summed E-state index contributed by atoms with van der Waals surface area (Å²) in [4.78, 5) is 4.59. The SMILES string of the molecule is CN1c2ccccc2C=Cc2ccc(/C=C/c3ccc4c(c3)C(C)(C)c3cc(/C=C/c5ccc6c(c5)N(C)c5ccccc5C=C6)ccc3-4)cc21. The number of rotatable bonds is 4. The third-order valence-corrected chi connectivity index (χ3v) is 11.0. The van der Waals surface area contributed by atoms with Crippen molar-refractivity contribution in [1.82, 2.24) is 0 Å². The fourth-order valence-corrected chi connectivity index (χ4v) is 8.04. The van der Waals surface area contributed by atoms with E-state index < -0.39 is 0 Å². The maximum absolute atomic E-state index is 2.38. The van der Waals surface area contributed by atoms with Crippen LogP contribution < -0.4 is 9.80 Å². The van der Waals surface area contributed by atoms with Crippen molar-refractivity contribution in [2.75, 3.05) is 23.9 Å². The Labute approximate surface area is 301 Å². The van der Waals surface area contributed by atoms with Gasteiger partial charge in [0.15, 0.2) is 0 Å². The lowest BCUT2D eigenvalue weighted by Crippen LogP contribution is -2.15. The van der Waals surface area contributed by atoms with Crippen molar-refractivity contribution in [3.8, 4) is 11.1 Å². The van der Waals surface area contributed by atoms with Crippen molar-refractivity contribution < 1.29 is 0 Å². The van der Waals surface area contributed by atoms with Gasteiger partial charge in [0, 0.05) is 42.3 Å². The topological polar surface area (TPSA) is 6.48 Å². The Balaban J connectivity index is 0.963. The second-order valence-electron chi connectivity index (χ2n) is 14.4. The van der Waals surface area contributed by atoms with Gasteiger partial charge in [0.2, 0.25) is 0 Å². The number of benzene rings is 6. The Hall–Kier alpha value is -6.12. The first kappa shape index (κ1) is 30.9. The van der Waals surface area contributed by atoms with E-state index in [-0.39, 0.29) is 5.41 Å². The molecule has 0 saturated carbocycles.